The molecule has 0 fully saturated rings. The fourth-order valence-corrected chi connectivity index (χ4v) is 0.944. The van der Waals surface area contributed by atoms with Gasteiger partial charge in [0.2, 0.25) is 0 Å². The molecule has 0 spiro atoms. The zero-order valence-corrected chi connectivity index (χ0v) is 4.89. The van der Waals surface area contributed by atoms with Crippen LogP contribution in [0.3, 0.4) is 0 Å². The molecular formula is C8H6N. The molecule has 0 atom stereocenters. The molecule has 0 unspecified atom stereocenters. The molecule has 0 saturated carbocycles. The average Bonchev–Trinajstić information content (AvgIpc) is 2.33. The first kappa shape index (κ1) is 4.62. The highest BCUT2D eigenvalue weighted by Gasteiger charge is 1.96. The number of aromatic amines is 1. The minimum atomic E-state index is 1.15. The molecular weight excluding hydrogens is 110 g/mol. The van der Waals surface area contributed by atoms with Crippen LogP contribution in [-0.4, -0.2) is 4.98 Å². The summed E-state index contributed by atoms with van der Waals surface area (Å²) >= 11 is 0. The SMILES string of the molecule is [c]1[nH]ccc2cccc1-2. The third kappa shape index (κ3) is 0.617. The second-order valence-electron chi connectivity index (χ2n) is 2.00. The standard InChI is InChI=1S/C8H6N/c1-2-7-4-5-9-6-8(7)3-1/h1-5,9H. The molecule has 0 amide bonds. The number of H-pyrrole nitrogens is 1. The van der Waals surface area contributed by atoms with Crippen LogP contribution in [-0.2, 0) is 0 Å². The van der Waals surface area contributed by atoms with Crippen LogP contribution in [0.5, 0.6) is 0 Å². The monoisotopic (exact) mass is 116 g/mol. The molecule has 1 N–H and O–H groups in total. The molecule has 2 rings (SSSR count). The molecule has 0 aromatic heterocycles. The predicted molar refractivity (Wildman–Crippen MR) is 36.3 cm³/mol. The lowest BCUT2D eigenvalue weighted by atomic mass is 10.2. The molecule has 43 valence electrons. The molecule has 1 nitrogen and oxygen atoms in total. The summed E-state index contributed by atoms with van der Waals surface area (Å²) in [5.41, 5.74) is 2.39. The lowest BCUT2D eigenvalue weighted by Gasteiger charge is -1.92. The number of fused-ring (bicyclic) bond motifs is 1. The van der Waals surface area contributed by atoms with Gasteiger partial charge in [-0.2, -0.15) is 0 Å². The van der Waals surface area contributed by atoms with Gasteiger partial charge in [-0.1, -0.05) is 18.2 Å². The lowest BCUT2D eigenvalue weighted by molar-refractivity contribution is 1.32. The van der Waals surface area contributed by atoms with E-state index in [1.165, 1.54) is 5.56 Å². The van der Waals surface area contributed by atoms with Crippen LogP contribution in [0.15, 0.2) is 30.5 Å². The van der Waals surface area contributed by atoms with Crippen LogP contribution in [0.25, 0.3) is 11.1 Å². The number of nitrogens with one attached hydrogen (secondary N) is 1. The van der Waals surface area contributed by atoms with E-state index in [2.05, 4.69) is 17.2 Å². The van der Waals surface area contributed by atoms with E-state index in [0.29, 0.717) is 0 Å². The van der Waals surface area contributed by atoms with E-state index >= 15 is 0 Å². The molecule has 1 heteroatoms. The Morgan fingerprint density at radius 1 is 1.22 bits per heavy atom. The Balaban J connectivity index is 2.79. The van der Waals surface area contributed by atoms with Crippen LogP contribution < -0.4 is 0 Å². The van der Waals surface area contributed by atoms with Gasteiger partial charge in [0.1, 0.15) is 0 Å². The number of hydrogen-bond acceptors (Lipinski definition) is 0. The quantitative estimate of drug-likeness (QED) is 0.541. The molecule has 0 aromatic rings. The van der Waals surface area contributed by atoms with E-state index in [1.54, 1.807) is 0 Å². The zero-order valence-electron chi connectivity index (χ0n) is 4.89. The third-order valence-corrected chi connectivity index (χ3v) is 1.40. The molecule has 0 bridgehead atoms. The number of rotatable bonds is 0. The van der Waals surface area contributed by atoms with Crippen molar-refractivity contribution in [3.05, 3.63) is 36.7 Å². The van der Waals surface area contributed by atoms with Gasteiger partial charge >= 0.3 is 0 Å². The van der Waals surface area contributed by atoms with Gasteiger partial charge in [0.15, 0.2) is 0 Å². The summed E-state index contributed by atoms with van der Waals surface area (Å²) in [5, 5.41) is 0. The molecule has 0 saturated heterocycles. The van der Waals surface area contributed by atoms with E-state index in [-0.39, 0.29) is 0 Å². The predicted octanol–water partition coefficient (Wildman–Crippen LogP) is 1.92. The summed E-state index contributed by atoms with van der Waals surface area (Å²) in [6.45, 7) is 0. The zero-order chi connectivity index (χ0) is 6.10. The summed E-state index contributed by atoms with van der Waals surface area (Å²) in [6, 6.07) is 8.16. The van der Waals surface area contributed by atoms with Crippen LogP contribution in [0, 0.1) is 6.20 Å². The molecule has 1 aliphatic carbocycles. The Bertz CT molecular complexity index is 245. The van der Waals surface area contributed by atoms with Gasteiger partial charge in [-0.3, -0.25) is 0 Å². The second-order valence-corrected chi connectivity index (χ2v) is 2.00. The van der Waals surface area contributed by atoms with Crippen molar-refractivity contribution in [3.63, 3.8) is 0 Å². The van der Waals surface area contributed by atoms with Gasteiger partial charge in [-0.25, -0.2) is 0 Å². The molecule has 2 aliphatic rings. The van der Waals surface area contributed by atoms with Crippen LogP contribution in [0.1, 0.15) is 0 Å². The second kappa shape index (κ2) is 1.62. The molecule has 1 aliphatic heterocycles. The van der Waals surface area contributed by atoms with Crippen molar-refractivity contribution in [2.45, 2.75) is 0 Å². The maximum absolute atomic E-state index is 3.01. The number of hydrogen-bond donors (Lipinski definition) is 1. The van der Waals surface area contributed by atoms with E-state index in [0.717, 1.165) is 5.56 Å². The number of aromatic nitrogens is 1. The van der Waals surface area contributed by atoms with Crippen LogP contribution >= 0.6 is 0 Å². The van der Waals surface area contributed by atoms with E-state index in [9.17, 15) is 0 Å². The van der Waals surface area contributed by atoms with Crippen molar-refractivity contribution >= 4 is 0 Å². The highest BCUT2D eigenvalue weighted by molar-refractivity contribution is 5.64. The smallest absolute Gasteiger partial charge is 0.0704 e. The Kier molecular flexibility index (Phi) is 0.833. The van der Waals surface area contributed by atoms with E-state index < -0.39 is 0 Å². The van der Waals surface area contributed by atoms with Crippen molar-refractivity contribution in [1.29, 1.82) is 0 Å². The molecule has 0 aromatic carbocycles. The average molecular weight is 116 g/mol. The first-order chi connectivity index (χ1) is 4.47. The summed E-state index contributed by atoms with van der Waals surface area (Å²) in [6.07, 6.45) is 4.88. The van der Waals surface area contributed by atoms with Crippen molar-refractivity contribution in [2.24, 2.45) is 0 Å². The van der Waals surface area contributed by atoms with E-state index in [4.69, 9.17) is 0 Å². The third-order valence-electron chi connectivity index (χ3n) is 1.40. The van der Waals surface area contributed by atoms with Crippen molar-refractivity contribution in [1.82, 2.24) is 4.98 Å². The Morgan fingerprint density at radius 2 is 2.22 bits per heavy atom. The van der Waals surface area contributed by atoms with Gasteiger partial charge in [0, 0.05) is 11.8 Å². The largest absolute Gasteiger partial charge is 0.359 e. The van der Waals surface area contributed by atoms with Crippen LogP contribution in [0.2, 0.25) is 0 Å². The maximum atomic E-state index is 3.01. The normalized spacial score (nSPS) is 10.2. The Labute approximate surface area is 53.7 Å². The first-order valence-electron chi connectivity index (χ1n) is 2.90. The number of pyridine rings is 1. The molecule has 9 heavy (non-hydrogen) atoms. The summed E-state index contributed by atoms with van der Waals surface area (Å²) < 4.78 is 0. The van der Waals surface area contributed by atoms with Gasteiger partial charge in [-0.15, -0.1) is 0 Å². The summed E-state index contributed by atoms with van der Waals surface area (Å²) in [5.74, 6) is 0. The topological polar surface area (TPSA) is 15.8 Å². The highest BCUT2D eigenvalue weighted by Crippen LogP contribution is 2.18. The van der Waals surface area contributed by atoms with Gasteiger partial charge < -0.3 is 4.98 Å². The minimum absolute atomic E-state index is 1.15. The molecule has 1 radical (unpaired) electrons. The minimum Gasteiger partial charge on any atom is -0.359 e. The Morgan fingerprint density at radius 3 is 3.11 bits per heavy atom. The highest BCUT2D eigenvalue weighted by atomic mass is 14.6. The fraction of sp³-hybridized carbons (Fsp3) is 0. The summed E-state index contributed by atoms with van der Waals surface area (Å²) in [7, 11) is 0. The van der Waals surface area contributed by atoms with Crippen molar-refractivity contribution in [2.75, 3.05) is 0 Å². The first-order valence-corrected chi connectivity index (χ1v) is 2.90. The summed E-state index contributed by atoms with van der Waals surface area (Å²) in [4.78, 5) is 2.90. The van der Waals surface area contributed by atoms with Crippen molar-refractivity contribution in [3.8, 4) is 11.1 Å². The van der Waals surface area contributed by atoms with Gasteiger partial charge in [0.05, 0.1) is 6.20 Å². The van der Waals surface area contributed by atoms with Gasteiger partial charge in [0.25, 0.3) is 0 Å². The van der Waals surface area contributed by atoms with Gasteiger partial charge in [-0.05, 0) is 11.6 Å². The van der Waals surface area contributed by atoms with E-state index in [1.807, 2.05) is 24.4 Å². The maximum Gasteiger partial charge on any atom is 0.0704 e. The van der Waals surface area contributed by atoms with Crippen LogP contribution in [0.4, 0.5) is 0 Å². The lowest BCUT2D eigenvalue weighted by Crippen LogP contribution is -1.73. The Hall–Kier alpha value is -1.24. The van der Waals surface area contributed by atoms with Crippen molar-refractivity contribution < 1.29 is 0 Å². The molecule has 1 heterocycles. The fourth-order valence-electron chi connectivity index (χ4n) is 0.944.